The third-order valence-electron chi connectivity index (χ3n) is 4.66. The van der Waals surface area contributed by atoms with Crippen molar-refractivity contribution in [3.8, 4) is 0 Å². The first-order chi connectivity index (χ1) is 10.6. The standard InChI is InChI=1S/C17H23FN2O2/c1-12-8-14(13-2-4-15(18)5-3-13)10-20(12)17(21)9-16-11-22-7-6-19-16/h2-5,12,14,16,19H,6-11H2,1H3. The number of nitrogens with one attached hydrogen (secondary N) is 1. The van der Waals surface area contributed by atoms with Crippen LogP contribution in [0.15, 0.2) is 24.3 Å². The van der Waals surface area contributed by atoms with Crippen LogP contribution in [0.2, 0.25) is 0 Å². The summed E-state index contributed by atoms with van der Waals surface area (Å²) in [5, 5.41) is 3.32. The van der Waals surface area contributed by atoms with Crippen LogP contribution in [0.5, 0.6) is 0 Å². The first-order valence-corrected chi connectivity index (χ1v) is 7.99. The molecule has 2 aliphatic rings. The van der Waals surface area contributed by atoms with Crippen LogP contribution in [-0.4, -0.2) is 49.2 Å². The number of morpholine rings is 1. The van der Waals surface area contributed by atoms with Gasteiger partial charge in [0.15, 0.2) is 0 Å². The van der Waals surface area contributed by atoms with Gasteiger partial charge in [0, 0.05) is 37.5 Å². The summed E-state index contributed by atoms with van der Waals surface area (Å²) in [6.45, 7) is 4.95. The molecule has 2 aliphatic heterocycles. The highest BCUT2D eigenvalue weighted by molar-refractivity contribution is 5.77. The molecule has 1 N–H and O–H groups in total. The molecule has 1 aromatic rings. The molecule has 2 heterocycles. The Morgan fingerprint density at radius 3 is 2.86 bits per heavy atom. The SMILES string of the molecule is CC1CC(c2ccc(F)cc2)CN1C(=O)CC1COCCN1. The predicted octanol–water partition coefficient (Wildman–Crippen LogP) is 1.91. The van der Waals surface area contributed by atoms with Crippen molar-refractivity contribution in [2.24, 2.45) is 0 Å². The van der Waals surface area contributed by atoms with Crippen molar-refractivity contribution in [1.29, 1.82) is 0 Å². The zero-order chi connectivity index (χ0) is 15.5. The molecule has 5 heteroatoms. The van der Waals surface area contributed by atoms with Crippen molar-refractivity contribution in [2.45, 2.75) is 37.8 Å². The van der Waals surface area contributed by atoms with Gasteiger partial charge in [-0.25, -0.2) is 4.39 Å². The minimum Gasteiger partial charge on any atom is -0.378 e. The Hall–Kier alpha value is -1.46. The van der Waals surface area contributed by atoms with Crippen molar-refractivity contribution in [2.75, 3.05) is 26.3 Å². The van der Waals surface area contributed by atoms with Gasteiger partial charge in [0.25, 0.3) is 0 Å². The number of halogens is 1. The fourth-order valence-electron chi connectivity index (χ4n) is 3.43. The van der Waals surface area contributed by atoms with Gasteiger partial charge in [-0.15, -0.1) is 0 Å². The zero-order valence-corrected chi connectivity index (χ0v) is 12.9. The molecule has 0 bridgehead atoms. The topological polar surface area (TPSA) is 41.6 Å². The molecule has 22 heavy (non-hydrogen) atoms. The van der Waals surface area contributed by atoms with Gasteiger partial charge in [0.05, 0.1) is 13.2 Å². The second kappa shape index (κ2) is 6.75. The number of amides is 1. The fraction of sp³-hybridized carbons (Fsp3) is 0.588. The molecule has 1 amide bonds. The Morgan fingerprint density at radius 2 is 2.18 bits per heavy atom. The number of rotatable bonds is 3. The van der Waals surface area contributed by atoms with Crippen molar-refractivity contribution < 1.29 is 13.9 Å². The van der Waals surface area contributed by atoms with Crippen molar-refractivity contribution in [3.63, 3.8) is 0 Å². The van der Waals surface area contributed by atoms with Gasteiger partial charge in [-0.3, -0.25) is 4.79 Å². The molecule has 3 unspecified atom stereocenters. The molecule has 120 valence electrons. The minimum absolute atomic E-state index is 0.123. The maximum atomic E-state index is 13.0. The summed E-state index contributed by atoms with van der Waals surface area (Å²) in [6, 6.07) is 7.00. The van der Waals surface area contributed by atoms with Crippen LogP contribution in [0, 0.1) is 5.82 Å². The number of benzene rings is 1. The van der Waals surface area contributed by atoms with Crippen molar-refractivity contribution in [1.82, 2.24) is 10.2 Å². The number of likely N-dealkylation sites (tertiary alicyclic amines) is 1. The normalized spacial score (nSPS) is 28.8. The molecule has 1 aromatic carbocycles. The molecule has 0 radical (unpaired) electrons. The van der Waals surface area contributed by atoms with Crippen LogP contribution in [-0.2, 0) is 9.53 Å². The van der Waals surface area contributed by atoms with E-state index >= 15 is 0 Å². The van der Waals surface area contributed by atoms with Crippen molar-refractivity contribution in [3.05, 3.63) is 35.6 Å². The van der Waals surface area contributed by atoms with Crippen LogP contribution in [0.4, 0.5) is 4.39 Å². The van der Waals surface area contributed by atoms with E-state index in [1.54, 1.807) is 0 Å². The summed E-state index contributed by atoms with van der Waals surface area (Å²) in [4.78, 5) is 14.5. The molecule has 4 nitrogen and oxygen atoms in total. The van der Waals surface area contributed by atoms with Gasteiger partial charge < -0.3 is 15.0 Å². The third kappa shape index (κ3) is 3.47. The van der Waals surface area contributed by atoms with Crippen LogP contribution in [0.3, 0.4) is 0 Å². The lowest BCUT2D eigenvalue weighted by Crippen LogP contribution is -2.45. The van der Waals surface area contributed by atoms with E-state index in [1.807, 2.05) is 17.0 Å². The van der Waals surface area contributed by atoms with E-state index in [4.69, 9.17) is 4.74 Å². The Morgan fingerprint density at radius 1 is 1.41 bits per heavy atom. The first kappa shape index (κ1) is 15.4. The summed E-state index contributed by atoms with van der Waals surface area (Å²) in [5.41, 5.74) is 1.11. The van der Waals surface area contributed by atoms with E-state index in [1.165, 1.54) is 12.1 Å². The van der Waals surface area contributed by atoms with Gasteiger partial charge in [-0.05, 0) is 31.0 Å². The van der Waals surface area contributed by atoms with Gasteiger partial charge in [-0.2, -0.15) is 0 Å². The van der Waals surface area contributed by atoms with Crippen molar-refractivity contribution >= 4 is 5.91 Å². The molecule has 2 saturated heterocycles. The maximum Gasteiger partial charge on any atom is 0.224 e. The summed E-state index contributed by atoms with van der Waals surface area (Å²) < 4.78 is 18.4. The highest BCUT2D eigenvalue weighted by Gasteiger charge is 2.34. The lowest BCUT2D eigenvalue weighted by Gasteiger charge is -2.27. The molecule has 0 saturated carbocycles. The van der Waals surface area contributed by atoms with E-state index < -0.39 is 0 Å². The number of carbonyl (C=O) groups is 1. The van der Waals surface area contributed by atoms with E-state index in [2.05, 4.69) is 12.2 Å². The second-order valence-electron chi connectivity index (χ2n) is 6.31. The van der Waals surface area contributed by atoms with Crippen LogP contribution >= 0.6 is 0 Å². The van der Waals surface area contributed by atoms with Crippen LogP contribution in [0.25, 0.3) is 0 Å². The summed E-state index contributed by atoms with van der Waals surface area (Å²) >= 11 is 0. The minimum atomic E-state index is -0.217. The Kier molecular flexibility index (Phi) is 4.74. The lowest BCUT2D eigenvalue weighted by atomic mass is 9.97. The monoisotopic (exact) mass is 306 g/mol. The van der Waals surface area contributed by atoms with Gasteiger partial charge in [-0.1, -0.05) is 12.1 Å². The molecule has 0 spiro atoms. The molecule has 0 aliphatic carbocycles. The number of carbonyl (C=O) groups excluding carboxylic acids is 1. The number of ether oxygens (including phenoxy) is 1. The molecular weight excluding hydrogens is 283 g/mol. The second-order valence-corrected chi connectivity index (χ2v) is 6.31. The largest absolute Gasteiger partial charge is 0.378 e. The first-order valence-electron chi connectivity index (χ1n) is 7.99. The van der Waals surface area contributed by atoms with E-state index in [9.17, 15) is 9.18 Å². The quantitative estimate of drug-likeness (QED) is 0.927. The fourth-order valence-corrected chi connectivity index (χ4v) is 3.43. The van der Waals surface area contributed by atoms with Gasteiger partial charge in [0.2, 0.25) is 5.91 Å². The van der Waals surface area contributed by atoms with E-state index in [0.29, 0.717) is 18.9 Å². The molecule has 3 rings (SSSR count). The van der Waals surface area contributed by atoms with E-state index in [-0.39, 0.29) is 23.8 Å². The van der Waals surface area contributed by atoms with Crippen LogP contribution < -0.4 is 5.32 Å². The van der Waals surface area contributed by atoms with Gasteiger partial charge >= 0.3 is 0 Å². The number of hydrogen-bond donors (Lipinski definition) is 1. The maximum absolute atomic E-state index is 13.0. The Labute approximate surface area is 130 Å². The summed E-state index contributed by atoms with van der Waals surface area (Å²) in [6.07, 6.45) is 1.42. The molecule has 3 atom stereocenters. The summed E-state index contributed by atoms with van der Waals surface area (Å²) in [7, 11) is 0. The third-order valence-corrected chi connectivity index (χ3v) is 4.66. The lowest BCUT2D eigenvalue weighted by molar-refractivity contribution is -0.133. The average Bonchev–Trinajstić information content (AvgIpc) is 2.91. The predicted molar refractivity (Wildman–Crippen MR) is 82.2 cm³/mol. The summed E-state index contributed by atoms with van der Waals surface area (Å²) in [5.74, 6) is 0.265. The average molecular weight is 306 g/mol. The zero-order valence-electron chi connectivity index (χ0n) is 12.9. The highest BCUT2D eigenvalue weighted by atomic mass is 19.1. The number of hydrogen-bond acceptors (Lipinski definition) is 3. The smallest absolute Gasteiger partial charge is 0.224 e. The Balaban J connectivity index is 1.60. The van der Waals surface area contributed by atoms with E-state index in [0.717, 1.165) is 31.7 Å². The molecule has 0 aromatic heterocycles. The highest BCUT2D eigenvalue weighted by Crippen LogP contribution is 2.32. The molecule has 2 fully saturated rings. The number of nitrogens with zero attached hydrogens (tertiary/aromatic N) is 1. The molecular formula is C17H23FN2O2. The Bertz CT molecular complexity index is 514. The van der Waals surface area contributed by atoms with Gasteiger partial charge in [0.1, 0.15) is 5.82 Å². The van der Waals surface area contributed by atoms with Crippen LogP contribution in [0.1, 0.15) is 31.2 Å².